The Morgan fingerprint density at radius 1 is 0.600 bits per heavy atom. The summed E-state index contributed by atoms with van der Waals surface area (Å²) in [5.41, 5.74) is 8.21. The predicted molar refractivity (Wildman–Crippen MR) is 125 cm³/mol. The molecular weight excluding hydrogens is 391 g/mol. The zero-order valence-electron chi connectivity index (χ0n) is 15.9. The highest BCUT2D eigenvalue weighted by Crippen LogP contribution is 2.44. The van der Waals surface area contributed by atoms with E-state index in [2.05, 4.69) is 65.6 Å². The van der Waals surface area contributed by atoms with Crippen LogP contribution in [0.15, 0.2) is 99.4 Å². The molecule has 0 bridgehead atoms. The molecule has 0 unspecified atom stereocenters. The summed E-state index contributed by atoms with van der Waals surface area (Å²) >= 11 is 0. The lowest BCUT2D eigenvalue weighted by molar-refractivity contribution is 0.650. The quantitative estimate of drug-likeness (QED) is 0.305. The van der Waals surface area contributed by atoms with Gasteiger partial charge in [-0.2, -0.15) is 0 Å². The van der Waals surface area contributed by atoms with Crippen LogP contribution in [0.3, 0.4) is 0 Å². The third-order valence-corrected chi connectivity index (χ3v) is 6.69. The topological polar surface area (TPSA) is 65.2 Å². The molecule has 0 saturated heterocycles. The van der Waals surface area contributed by atoms with E-state index in [9.17, 15) is 0 Å². The minimum atomic E-state index is -1.48. The van der Waals surface area contributed by atoms with E-state index in [4.69, 9.17) is 14.1 Å². The van der Waals surface area contributed by atoms with Crippen molar-refractivity contribution in [1.29, 1.82) is 0 Å². The minimum Gasteiger partial charge on any atom is -0.415 e. The second-order valence-electron chi connectivity index (χ2n) is 7.18. The number of nitrogen functional groups attached to an aromatic ring is 1. The van der Waals surface area contributed by atoms with E-state index in [-0.39, 0.29) is 0 Å². The average Bonchev–Trinajstić information content (AvgIpc) is 2.96. The van der Waals surface area contributed by atoms with Gasteiger partial charge in [-0.05, 0) is 45.8 Å². The van der Waals surface area contributed by atoms with Gasteiger partial charge < -0.3 is 14.1 Å². The third kappa shape index (κ3) is 2.66. The van der Waals surface area contributed by atoms with Crippen molar-refractivity contribution in [3.05, 3.63) is 91.0 Å². The molecule has 0 aliphatic carbocycles. The molecule has 0 atom stereocenters. The Balaban J connectivity index is 1.91. The van der Waals surface area contributed by atoms with Crippen LogP contribution in [0.25, 0.3) is 48.9 Å². The number of anilines is 1. The van der Waals surface area contributed by atoms with Gasteiger partial charge in [0.05, 0.1) is 0 Å². The lowest BCUT2D eigenvalue weighted by Gasteiger charge is -2.05. The molecule has 5 heteroatoms. The molecule has 0 aliphatic rings. The van der Waals surface area contributed by atoms with Crippen molar-refractivity contribution in [2.45, 2.75) is 0 Å². The van der Waals surface area contributed by atoms with Crippen LogP contribution in [0.4, 0.5) is 5.82 Å². The first-order valence-corrected chi connectivity index (χ1v) is 10.9. The van der Waals surface area contributed by atoms with E-state index in [0.29, 0.717) is 11.3 Å². The molecule has 0 saturated carbocycles. The fourth-order valence-electron chi connectivity index (χ4n) is 4.00. The first kappa shape index (κ1) is 17.1. The summed E-state index contributed by atoms with van der Waals surface area (Å²) in [4.78, 5) is 4.47. The van der Waals surface area contributed by atoms with Gasteiger partial charge in [-0.25, -0.2) is 4.98 Å². The molecule has 0 fully saturated rings. The second kappa shape index (κ2) is 6.65. The maximum atomic E-state index is 6.46. The van der Waals surface area contributed by atoms with Crippen molar-refractivity contribution in [2.75, 3.05) is 5.73 Å². The lowest BCUT2D eigenvalue weighted by atomic mass is 9.99. The molecule has 2 heterocycles. The molecule has 4 nitrogen and oxygen atoms in total. The normalized spacial score (nSPS) is 11.5. The third-order valence-electron chi connectivity index (χ3n) is 5.34. The standard InChI is InChI=1S/C25H17N2O2P/c26-22-10-5-11-23(27-22)30-28-20-14-12-16-6-1-3-8-18(16)24(20)25-19-9-4-2-7-17(19)13-15-21(25)29-30/h1-15H,(H2,26,27). The Labute approximate surface area is 173 Å². The van der Waals surface area contributed by atoms with E-state index in [1.165, 1.54) is 0 Å². The van der Waals surface area contributed by atoms with Crippen molar-refractivity contribution in [3.8, 4) is 5.44 Å². The van der Waals surface area contributed by atoms with Crippen molar-refractivity contribution in [1.82, 2.24) is 4.98 Å². The Morgan fingerprint density at radius 3 is 1.73 bits per heavy atom. The number of rotatable bonds is 1. The zero-order valence-corrected chi connectivity index (χ0v) is 16.8. The maximum Gasteiger partial charge on any atom is 0.272 e. The summed E-state index contributed by atoms with van der Waals surface area (Å²) < 4.78 is 12.9. The average molecular weight is 408 g/mol. The molecule has 30 heavy (non-hydrogen) atoms. The number of benzene rings is 4. The summed E-state index contributed by atoms with van der Waals surface area (Å²) in [5, 5.41) is 6.68. The first-order valence-electron chi connectivity index (χ1n) is 9.70. The fraction of sp³-hybridized carbons (Fsp3) is 0. The number of pyridine rings is 1. The fourth-order valence-corrected chi connectivity index (χ4v) is 5.29. The van der Waals surface area contributed by atoms with E-state index in [0.717, 1.165) is 43.5 Å². The molecule has 2 N–H and O–H groups in total. The molecular formula is C25H17N2O2P. The number of nitrogens with two attached hydrogens (primary N) is 1. The van der Waals surface area contributed by atoms with Crippen LogP contribution >= 0.6 is 8.01 Å². The van der Waals surface area contributed by atoms with Gasteiger partial charge in [0.25, 0.3) is 8.01 Å². The highest BCUT2D eigenvalue weighted by atomic mass is 31.1. The Morgan fingerprint density at radius 2 is 1.17 bits per heavy atom. The van der Waals surface area contributed by atoms with Gasteiger partial charge in [-0.3, -0.25) is 0 Å². The summed E-state index contributed by atoms with van der Waals surface area (Å²) in [6, 6.07) is 30.5. The number of hydrogen-bond donors (Lipinski definition) is 1. The molecule has 0 spiro atoms. The highest BCUT2D eigenvalue weighted by molar-refractivity contribution is 7.45. The van der Waals surface area contributed by atoms with Gasteiger partial charge in [0, 0.05) is 10.8 Å². The SMILES string of the molecule is Nc1cccc(-p2oc3ccc4ccccc4c3c3c(ccc4ccccc43)o2)n1. The molecule has 0 amide bonds. The predicted octanol–water partition coefficient (Wildman–Crippen LogP) is 7.56. The maximum absolute atomic E-state index is 6.46. The van der Waals surface area contributed by atoms with Crippen LogP contribution < -0.4 is 5.73 Å². The Kier molecular flexibility index (Phi) is 3.80. The molecule has 2 aromatic heterocycles. The summed E-state index contributed by atoms with van der Waals surface area (Å²) in [5.74, 6) is 0.448. The van der Waals surface area contributed by atoms with Crippen molar-refractivity contribution in [2.24, 2.45) is 0 Å². The minimum absolute atomic E-state index is 0.448. The number of nitrogens with zero attached hydrogens (tertiary/aromatic N) is 1. The van der Waals surface area contributed by atoms with Gasteiger partial charge in [0.15, 0.2) is 5.44 Å². The van der Waals surface area contributed by atoms with Gasteiger partial charge >= 0.3 is 0 Å². The molecule has 6 rings (SSSR count). The lowest BCUT2D eigenvalue weighted by Crippen LogP contribution is -1.88. The Hall–Kier alpha value is -3.75. The smallest absolute Gasteiger partial charge is 0.272 e. The van der Waals surface area contributed by atoms with Crippen LogP contribution in [0, 0.1) is 0 Å². The van der Waals surface area contributed by atoms with Crippen LogP contribution in [0.5, 0.6) is 0 Å². The highest BCUT2D eigenvalue weighted by Gasteiger charge is 2.14. The van der Waals surface area contributed by atoms with Crippen LogP contribution in [-0.2, 0) is 0 Å². The van der Waals surface area contributed by atoms with Gasteiger partial charge in [-0.1, -0.05) is 66.7 Å². The number of fused-ring (bicyclic) bond motifs is 7. The summed E-state index contributed by atoms with van der Waals surface area (Å²) in [6.45, 7) is 0. The van der Waals surface area contributed by atoms with E-state index in [1.54, 1.807) is 6.07 Å². The van der Waals surface area contributed by atoms with E-state index in [1.807, 2.05) is 24.3 Å². The molecule has 144 valence electrons. The van der Waals surface area contributed by atoms with Crippen LogP contribution in [-0.4, -0.2) is 4.98 Å². The van der Waals surface area contributed by atoms with Gasteiger partial charge in [0.2, 0.25) is 0 Å². The van der Waals surface area contributed by atoms with Crippen LogP contribution in [0.1, 0.15) is 0 Å². The number of hydrogen-bond acceptors (Lipinski definition) is 4. The molecule has 0 radical (unpaired) electrons. The van der Waals surface area contributed by atoms with Crippen molar-refractivity contribution >= 4 is 57.3 Å². The van der Waals surface area contributed by atoms with Gasteiger partial charge in [-0.15, -0.1) is 0 Å². The van der Waals surface area contributed by atoms with Crippen molar-refractivity contribution < 1.29 is 8.39 Å². The molecule has 0 aliphatic heterocycles. The van der Waals surface area contributed by atoms with Gasteiger partial charge in [0.1, 0.15) is 17.0 Å². The van der Waals surface area contributed by atoms with E-state index >= 15 is 0 Å². The molecule has 4 aromatic carbocycles. The Bertz CT molecular complexity index is 1520. The monoisotopic (exact) mass is 408 g/mol. The summed E-state index contributed by atoms with van der Waals surface area (Å²) in [6.07, 6.45) is 0. The second-order valence-corrected chi connectivity index (χ2v) is 8.52. The first-order chi connectivity index (χ1) is 14.8. The molecule has 6 aromatic rings. The largest absolute Gasteiger partial charge is 0.415 e. The summed E-state index contributed by atoms with van der Waals surface area (Å²) in [7, 11) is -1.48. The van der Waals surface area contributed by atoms with Crippen LogP contribution in [0.2, 0.25) is 0 Å². The van der Waals surface area contributed by atoms with Crippen molar-refractivity contribution in [3.63, 3.8) is 0 Å². The number of aromatic nitrogens is 1. The van der Waals surface area contributed by atoms with E-state index < -0.39 is 8.01 Å². The zero-order chi connectivity index (χ0) is 20.1.